The highest BCUT2D eigenvalue weighted by molar-refractivity contribution is 5.95. The lowest BCUT2D eigenvalue weighted by atomic mass is 10.0. The summed E-state index contributed by atoms with van der Waals surface area (Å²) in [5.74, 6) is 1.29. The maximum atomic E-state index is 13.7. The molecule has 0 unspecified atom stereocenters. The molecular weight excluding hydrogens is 435 g/mol. The Kier molecular flexibility index (Phi) is 5.69. The molecule has 6 nitrogen and oxygen atoms in total. The number of amides is 1. The van der Waals surface area contributed by atoms with Gasteiger partial charge in [-0.2, -0.15) is 0 Å². The highest BCUT2D eigenvalue weighted by Gasteiger charge is 2.34. The molecule has 34 heavy (non-hydrogen) atoms. The number of nitrogens with zero attached hydrogens (tertiary/aromatic N) is 2. The Morgan fingerprint density at radius 3 is 2.44 bits per heavy atom. The zero-order valence-electron chi connectivity index (χ0n) is 19.3. The Labute approximate surface area is 196 Å². The van der Waals surface area contributed by atoms with Crippen LogP contribution in [0.1, 0.15) is 40.7 Å². The number of hydrogen-bond donors (Lipinski definition) is 0. The Balaban J connectivity index is 1.46. The number of hydrogen-bond acceptors (Lipinski definition) is 5. The van der Waals surface area contributed by atoms with E-state index < -0.39 is 0 Å². The maximum Gasteiger partial charge on any atom is 0.254 e. The summed E-state index contributed by atoms with van der Waals surface area (Å²) in [5, 5.41) is 0. The van der Waals surface area contributed by atoms with Crippen molar-refractivity contribution in [2.45, 2.75) is 25.8 Å². The van der Waals surface area contributed by atoms with Crippen molar-refractivity contribution in [1.82, 2.24) is 9.88 Å². The van der Waals surface area contributed by atoms with E-state index >= 15 is 0 Å². The SMILES string of the molecule is COc1cc(OC)cc(C(=O)N2CCC[C@@H]2c2nc3cc(-c4ccc(F)c(C)c4)ccc3o2)c1. The van der Waals surface area contributed by atoms with Crippen LogP contribution in [0.25, 0.3) is 22.2 Å². The number of rotatable bonds is 5. The van der Waals surface area contributed by atoms with E-state index in [1.165, 1.54) is 6.07 Å². The van der Waals surface area contributed by atoms with Crippen molar-refractivity contribution in [3.05, 3.63) is 77.4 Å². The van der Waals surface area contributed by atoms with Gasteiger partial charge in [-0.05, 0) is 72.9 Å². The van der Waals surface area contributed by atoms with Gasteiger partial charge in [0.15, 0.2) is 5.58 Å². The van der Waals surface area contributed by atoms with Crippen LogP contribution in [-0.2, 0) is 0 Å². The van der Waals surface area contributed by atoms with Gasteiger partial charge in [-0.25, -0.2) is 9.37 Å². The van der Waals surface area contributed by atoms with Gasteiger partial charge in [-0.1, -0.05) is 12.1 Å². The number of fused-ring (bicyclic) bond motifs is 1. The van der Waals surface area contributed by atoms with Crippen LogP contribution < -0.4 is 9.47 Å². The van der Waals surface area contributed by atoms with E-state index in [9.17, 15) is 9.18 Å². The van der Waals surface area contributed by atoms with Gasteiger partial charge in [0.05, 0.1) is 14.2 Å². The van der Waals surface area contributed by atoms with Crippen molar-refractivity contribution in [3.63, 3.8) is 0 Å². The number of oxazole rings is 1. The van der Waals surface area contributed by atoms with Crippen LogP contribution in [0, 0.1) is 12.7 Å². The first kappa shape index (κ1) is 21.9. The van der Waals surface area contributed by atoms with Gasteiger partial charge in [-0.15, -0.1) is 0 Å². The minimum atomic E-state index is -0.256. The molecule has 3 aromatic carbocycles. The van der Waals surface area contributed by atoms with E-state index in [2.05, 4.69) is 0 Å². The van der Waals surface area contributed by atoms with Crippen molar-refractivity contribution in [2.75, 3.05) is 20.8 Å². The summed E-state index contributed by atoms with van der Waals surface area (Å²) in [5.41, 5.74) is 4.28. The van der Waals surface area contributed by atoms with Crippen molar-refractivity contribution in [2.24, 2.45) is 0 Å². The largest absolute Gasteiger partial charge is 0.497 e. The fourth-order valence-corrected chi connectivity index (χ4v) is 4.45. The standard InChI is InChI=1S/C27H25FN2O4/c1-16-11-17(6-8-22(16)28)18-7-9-25-23(14-18)29-26(34-25)24-5-4-10-30(24)27(31)19-12-20(32-2)15-21(13-19)33-3/h6-9,11-15,24H,4-5,10H2,1-3H3/t24-/m1/s1. The number of methoxy groups -OCH3 is 2. The number of halogens is 1. The molecule has 1 aromatic heterocycles. The molecule has 1 aliphatic rings. The van der Waals surface area contributed by atoms with Crippen LogP contribution in [0.2, 0.25) is 0 Å². The van der Waals surface area contributed by atoms with E-state index in [1.807, 2.05) is 24.3 Å². The summed E-state index contributed by atoms with van der Waals surface area (Å²) in [7, 11) is 3.11. The van der Waals surface area contributed by atoms with Gasteiger partial charge in [0.1, 0.15) is 28.9 Å². The van der Waals surface area contributed by atoms with Gasteiger partial charge in [-0.3, -0.25) is 4.79 Å². The Morgan fingerprint density at radius 1 is 1.03 bits per heavy atom. The molecule has 0 N–H and O–H groups in total. The second-order valence-corrected chi connectivity index (χ2v) is 8.46. The van der Waals surface area contributed by atoms with E-state index in [0.717, 1.165) is 24.0 Å². The van der Waals surface area contributed by atoms with Gasteiger partial charge >= 0.3 is 0 Å². The minimum absolute atomic E-state index is 0.121. The molecule has 0 aliphatic carbocycles. The molecule has 0 bridgehead atoms. The highest BCUT2D eigenvalue weighted by Crippen LogP contribution is 2.36. The molecule has 1 atom stereocenters. The van der Waals surface area contributed by atoms with Crippen LogP contribution in [-0.4, -0.2) is 36.6 Å². The molecule has 1 amide bonds. The molecule has 1 aliphatic heterocycles. The van der Waals surface area contributed by atoms with Crippen LogP contribution in [0.4, 0.5) is 4.39 Å². The molecule has 7 heteroatoms. The molecule has 0 spiro atoms. The average Bonchev–Trinajstić information content (AvgIpc) is 3.51. The summed E-state index contributed by atoms with van der Waals surface area (Å²) in [6, 6.07) is 15.7. The fraction of sp³-hybridized carbons (Fsp3) is 0.259. The lowest BCUT2D eigenvalue weighted by Gasteiger charge is -2.22. The van der Waals surface area contributed by atoms with Crippen molar-refractivity contribution < 1.29 is 23.1 Å². The van der Waals surface area contributed by atoms with E-state index in [0.29, 0.717) is 46.2 Å². The molecule has 4 aromatic rings. The van der Waals surface area contributed by atoms with Crippen LogP contribution >= 0.6 is 0 Å². The quantitative estimate of drug-likeness (QED) is 0.369. The number of carbonyl (C=O) groups is 1. The number of ether oxygens (including phenoxy) is 2. The molecule has 1 fully saturated rings. The molecule has 2 heterocycles. The first-order chi connectivity index (χ1) is 16.5. The lowest BCUT2D eigenvalue weighted by Crippen LogP contribution is -2.30. The normalized spacial score (nSPS) is 15.6. The number of benzene rings is 3. The summed E-state index contributed by atoms with van der Waals surface area (Å²) in [6.07, 6.45) is 1.63. The summed E-state index contributed by atoms with van der Waals surface area (Å²) in [4.78, 5) is 19.9. The summed E-state index contributed by atoms with van der Waals surface area (Å²) >= 11 is 0. The zero-order chi connectivity index (χ0) is 23.8. The third kappa shape index (κ3) is 3.98. The van der Waals surface area contributed by atoms with Crippen molar-refractivity contribution in [3.8, 4) is 22.6 Å². The monoisotopic (exact) mass is 460 g/mol. The summed E-state index contributed by atoms with van der Waals surface area (Å²) in [6.45, 7) is 2.36. The number of carbonyl (C=O) groups excluding carboxylic acids is 1. The topological polar surface area (TPSA) is 64.8 Å². The van der Waals surface area contributed by atoms with Gasteiger partial charge in [0.2, 0.25) is 5.89 Å². The summed E-state index contributed by atoms with van der Waals surface area (Å²) < 4.78 is 30.4. The van der Waals surface area contributed by atoms with Gasteiger partial charge in [0.25, 0.3) is 5.91 Å². The Bertz CT molecular complexity index is 1360. The predicted octanol–water partition coefficient (Wildman–Crippen LogP) is 5.94. The lowest BCUT2D eigenvalue weighted by molar-refractivity contribution is 0.0716. The second-order valence-electron chi connectivity index (χ2n) is 8.46. The zero-order valence-corrected chi connectivity index (χ0v) is 19.3. The van der Waals surface area contributed by atoms with Crippen molar-refractivity contribution in [1.29, 1.82) is 0 Å². The minimum Gasteiger partial charge on any atom is -0.497 e. The molecule has 1 saturated heterocycles. The smallest absolute Gasteiger partial charge is 0.254 e. The predicted molar refractivity (Wildman–Crippen MR) is 127 cm³/mol. The van der Waals surface area contributed by atoms with Gasteiger partial charge in [0, 0.05) is 18.2 Å². The molecule has 0 saturated carbocycles. The third-order valence-electron chi connectivity index (χ3n) is 6.29. The first-order valence-electron chi connectivity index (χ1n) is 11.2. The first-order valence-corrected chi connectivity index (χ1v) is 11.2. The maximum absolute atomic E-state index is 13.7. The highest BCUT2D eigenvalue weighted by atomic mass is 19.1. The second kappa shape index (κ2) is 8.82. The molecule has 174 valence electrons. The Hall–Kier alpha value is -3.87. The van der Waals surface area contributed by atoms with E-state index in [4.69, 9.17) is 18.9 Å². The van der Waals surface area contributed by atoms with E-state index in [-0.39, 0.29) is 17.8 Å². The average molecular weight is 461 g/mol. The molecular formula is C27H25FN2O4. The number of aromatic nitrogens is 1. The fourth-order valence-electron chi connectivity index (χ4n) is 4.45. The Morgan fingerprint density at radius 2 is 1.74 bits per heavy atom. The molecule has 5 rings (SSSR count). The van der Waals surface area contributed by atoms with E-state index in [1.54, 1.807) is 50.3 Å². The van der Waals surface area contributed by atoms with Gasteiger partial charge < -0.3 is 18.8 Å². The molecule has 0 radical (unpaired) electrons. The number of aryl methyl sites for hydroxylation is 1. The van der Waals surface area contributed by atoms with Crippen LogP contribution in [0.5, 0.6) is 11.5 Å². The van der Waals surface area contributed by atoms with Crippen molar-refractivity contribution >= 4 is 17.0 Å². The number of likely N-dealkylation sites (tertiary alicyclic amines) is 1. The van der Waals surface area contributed by atoms with Crippen LogP contribution in [0.15, 0.2) is 59.0 Å². The van der Waals surface area contributed by atoms with Crippen LogP contribution in [0.3, 0.4) is 0 Å². The third-order valence-corrected chi connectivity index (χ3v) is 6.29.